The normalized spacial score (nSPS) is 14.2. The van der Waals surface area contributed by atoms with Gasteiger partial charge < -0.3 is 0 Å². The van der Waals surface area contributed by atoms with Gasteiger partial charge in [-0.3, -0.25) is 0 Å². The molecule has 2 aliphatic rings. The Morgan fingerprint density at radius 1 is 0.415 bits per heavy atom. The fourth-order valence-corrected chi connectivity index (χ4v) is 7.14. The van der Waals surface area contributed by atoms with Gasteiger partial charge in [0.05, 0.1) is 0 Å². The molecule has 6 aromatic rings. The average molecular weight is 525 g/mol. The van der Waals surface area contributed by atoms with Crippen molar-refractivity contribution >= 4 is 33.7 Å². The van der Waals surface area contributed by atoms with E-state index in [0.29, 0.717) is 0 Å². The average Bonchev–Trinajstić information content (AvgIpc) is 3.66. The number of rotatable bonds is 4. The SMILES string of the molecule is CC(C)(C1=Cc2c(cccc2-c2cccc3ccccc23)C1)C1=Cc2c(cccc2-c2cccc3ccccc23)C1. The second-order valence-electron chi connectivity index (χ2n) is 12.1. The van der Waals surface area contributed by atoms with Gasteiger partial charge in [-0.15, -0.1) is 0 Å². The van der Waals surface area contributed by atoms with Crippen molar-refractivity contribution < 1.29 is 0 Å². The van der Waals surface area contributed by atoms with Crippen LogP contribution in [0.25, 0.3) is 56.0 Å². The van der Waals surface area contributed by atoms with Crippen LogP contribution in [0.15, 0.2) is 132 Å². The van der Waals surface area contributed by atoms with Gasteiger partial charge in [-0.1, -0.05) is 158 Å². The fourth-order valence-electron chi connectivity index (χ4n) is 7.14. The molecule has 0 radical (unpaired) electrons. The fraction of sp³-hybridized carbons (Fsp3) is 0.122. The summed E-state index contributed by atoms with van der Waals surface area (Å²) in [5, 5.41) is 5.22. The first-order valence-corrected chi connectivity index (χ1v) is 14.7. The Bertz CT molecular complexity index is 1910. The molecule has 0 bridgehead atoms. The molecule has 0 heterocycles. The summed E-state index contributed by atoms with van der Waals surface area (Å²) < 4.78 is 0. The van der Waals surface area contributed by atoms with Crippen LogP contribution in [-0.2, 0) is 12.8 Å². The molecule has 0 amide bonds. The van der Waals surface area contributed by atoms with Gasteiger partial charge in [-0.05, 0) is 78.9 Å². The van der Waals surface area contributed by atoms with Crippen molar-refractivity contribution in [2.24, 2.45) is 5.41 Å². The lowest BCUT2D eigenvalue weighted by Crippen LogP contribution is -2.18. The van der Waals surface area contributed by atoms with Gasteiger partial charge in [0, 0.05) is 5.41 Å². The van der Waals surface area contributed by atoms with Crippen molar-refractivity contribution in [2.75, 3.05) is 0 Å². The predicted molar refractivity (Wildman–Crippen MR) is 176 cm³/mol. The summed E-state index contributed by atoms with van der Waals surface area (Å²) in [6.45, 7) is 4.86. The Labute approximate surface area is 242 Å². The number of fused-ring (bicyclic) bond motifs is 4. The molecule has 0 spiro atoms. The Morgan fingerprint density at radius 2 is 0.805 bits per heavy atom. The molecule has 0 atom stereocenters. The Hall–Kier alpha value is -4.68. The quantitative estimate of drug-likeness (QED) is 0.215. The molecule has 0 saturated carbocycles. The molecule has 0 saturated heterocycles. The van der Waals surface area contributed by atoms with E-state index in [1.54, 1.807) is 0 Å². The van der Waals surface area contributed by atoms with E-state index in [9.17, 15) is 0 Å². The van der Waals surface area contributed by atoms with Gasteiger partial charge in [0.1, 0.15) is 0 Å². The highest BCUT2D eigenvalue weighted by molar-refractivity contribution is 6.00. The van der Waals surface area contributed by atoms with E-state index in [1.165, 1.54) is 77.2 Å². The van der Waals surface area contributed by atoms with E-state index in [2.05, 4.69) is 147 Å². The lowest BCUT2D eigenvalue weighted by Gasteiger charge is -2.28. The maximum Gasteiger partial charge on any atom is 0.00773 e. The molecule has 6 aromatic carbocycles. The molecular weight excluding hydrogens is 492 g/mol. The summed E-state index contributed by atoms with van der Waals surface area (Å²) in [6.07, 6.45) is 7.01. The molecule has 8 rings (SSSR count). The van der Waals surface area contributed by atoms with Crippen LogP contribution in [0.1, 0.15) is 36.1 Å². The van der Waals surface area contributed by atoms with E-state index in [0.717, 1.165) is 12.8 Å². The maximum atomic E-state index is 2.50. The van der Waals surface area contributed by atoms with Crippen molar-refractivity contribution in [2.45, 2.75) is 26.7 Å². The number of benzene rings is 6. The Morgan fingerprint density at radius 3 is 1.29 bits per heavy atom. The zero-order valence-electron chi connectivity index (χ0n) is 23.6. The largest absolute Gasteiger partial charge is 0.0616 e. The summed E-state index contributed by atoms with van der Waals surface area (Å²) in [5.74, 6) is 0. The molecule has 0 unspecified atom stereocenters. The van der Waals surface area contributed by atoms with Crippen LogP contribution in [0.2, 0.25) is 0 Å². The standard InChI is InChI=1S/C41H32/c1-41(2,31-23-29-15-9-21-37(39(29)25-31)35-19-7-13-27-11-3-5-17-33(27)35)32-24-30-16-10-22-38(40(30)26-32)36-20-8-14-28-12-4-6-18-34(28)36/h3-22,25-26H,23-24H2,1-2H3. The third-order valence-corrected chi connectivity index (χ3v) is 9.56. The maximum absolute atomic E-state index is 2.50. The third kappa shape index (κ3) is 3.82. The zero-order valence-corrected chi connectivity index (χ0v) is 23.6. The van der Waals surface area contributed by atoms with Crippen LogP contribution in [0.5, 0.6) is 0 Å². The topological polar surface area (TPSA) is 0 Å². The predicted octanol–water partition coefficient (Wildman–Crippen LogP) is 10.9. The van der Waals surface area contributed by atoms with Crippen LogP contribution < -0.4 is 0 Å². The molecular formula is C41H32. The van der Waals surface area contributed by atoms with Gasteiger partial charge in [-0.2, -0.15) is 0 Å². The first kappa shape index (κ1) is 24.1. The van der Waals surface area contributed by atoms with E-state index < -0.39 is 0 Å². The minimum Gasteiger partial charge on any atom is -0.0616 e. The summed E-state index contributed by atoms with van der Waals surface area (Å²) in [4.78, 5) is 0. The molecule has 41 heavy (non-hydrogen) atoms. The number of hydrogen-bond donors (Lipinski definition) is 0. The summed E-state index contributed by atoms with van der Waals surface area (Å²) in [7, 11) is 0. The van der Waals surface area contributed by atoms with Gasteiger partial charge in [0.15, 0.2) is 0 Å². The number of hydrogen-bond acceptors (Lipinski definition) is 0. The van der Waals surface area contributed by atoms with Gasteiger partial charge >= 0.3 is 0 Å². The molecule has 0 fully saturated rings. The van der Waals surface area contributed by atoms with E-state index in [1.807, 2.05) is 0 Å². The molecule has 0 N–H and O–H groups in total. The Kier molecular flexibility index (Phi) is 5.41. The molecule has 0 nitrogen and oxygen atoms in total. The highest BCUT2D eigenvalue weighted by Gasteiger charge is 2.34. The first-order chi connectivity index (χ1) is 20.1. The van der Waals surface area contributed by atoms with Crippen LogP contribution >= 0.6 is 0 Å². The van der Waals surface area contributed by atoms with Crippen molar-refractivity contribution in [3.8, 4) is 22.3 Å². The van der Waals surface area contributed by atoms with Crippen LogP contribution in [-0.4, -0.2) is 0 Å². The van der Waals surface area contributed by atoms with Crippen LogP contribution in [0.3, 0.4) is 0 Å². The van der Waals surface area contributed by atoms with Crippen molar-refractivity contribution in [1.82, 2.24) is 0 Å². The number of allylic oxidation sites excluding steroid dienone is 2. The lowest BCUT2D eigenvalue weighted by molar-refractivity contribution is 0.526. The van der Waals surface area contributed by atoms with Gasteiger partial charge in [0.2, 0.25) is 0 Å². The highest BCUT2D eigenvalue weighted by atomic mass is 14.4. The van der Waals surface area contributed by atoms with Gasteiger partial charge in [0.25, 0.3) is 0 Å². The third-order valence-electron chi connectivity index (χ3n) is 9.56. The van der Waals surface area contributed by atoms with Crippen molar-refractivity contribution in [3.63, 3.8) is 0 Å². The first-order valence-electron chi connectivity index (χ1n) is 14.7. The van der Waals surface area contributed by atoms with Crippen LogP contribution in [0.4, 0.5) is 0 Å². The summed E-state index contributed by atoms with van der Waals surface area (Å²) in [5.41, 5.74) is 13.9. The van der Waals surface area contributed by atoms with E-state index >= 15 is 0 Å². The van der Waals surface area contributed by atoms with Crippen molar-refractivity contribution in [3.05, 3.63) is 155 Å². The second kappa shape index (κ2) is 9.18. The minimum atomic E-state index is -0.0376. The molecule has 0 heteroatoms. The minimum absolute atomic E-state index is 0.0376. The van der Waals surface area contributed by atoms with Gasteiger partial charge in [-0.25, -0.2) is 0 Å². The Balaban J connectivity index is 1.20. The lowest BCUT2D eigenvalue weighted by atomic mass is 9.75. The van der Waals surface area contributed by atoms with Crippen molar-refractivity contribution in [1.29, 1.82) is 0 Å². The van der Waals surface area contributed by atoms with E-state index in [-0.39, 0.29) is 5.41 Å². The van der Waals surface area contributed by atoms with Crippen LogP contribution in [0, 0.1) is 5.41 Å². The summed E-state index contributed by atoms with van der Waals surface area (Å²) in [6, 6.07) is 44.5. The monoisotopic (exact) mass is 524 g/mol. The second-order valence-corrected chi connectivity index (χ2v) is 12.1. The molecule has 2 aliphatic carbocycles. The smallest absolute Gasteiger partial charge is 0.00773 e. The summed E-state index contributed by atoms with van der Waals surface area (Å²) >= 11 is 0. The van der Waals surface area contributed by atoms with E-state index in [4.69, 9.17) is 0 Å². The molecule has 196 valence electrons. The molecule has 0 aromatic heterocycles. The molecule has 0 aliphatic heterocycles. The highest BCUT2D eigenvalue weighted by Crippen LogP contribution is 2.49. The zero-order chi connectivity index (χ0) is 27.6.